The molecule has 0 saturated heterocycles. The van der Waals surface area contributed by atoms with Gasteiger partial charge in [0.2, 0.25) is 0 Å². The first-order valence-electron chi connectivity index (χ1n) is 5.39. The molecule has 0 aliphatic carbocycles. The zero-order chi connectivity index (χ0) is 14.0. The molecule has 0 atom stereocenters. The van der Waals surface area contributed by atoms with E-state index in [1.54, 1.807) is 18.2 Å². The number of benzene rings is 2. The van der Waals surface area contributed by atoms with E-state index < -0.39 is 5.82 Å². The Morgan fingerprint density at radius 3 is 2.53 bits per heavy atom. The van der Waals surface area contributed by atoms with Crippen molar-refractivity contribution in [1.82, 2.24) is 0 Å². The van der Waals surface area contributed by atoms with Crippen LogP contribution in [0.2, 0.25) is 5.02 Å². The molecule has 98 valence electrons. The average molecular weight is 406 g/mol. The third-order valence-corrected chi connectivity index (χ3v) is 4.02. The van der Waals surface area contributed by atoms with Crippen LogP contribution in [0.5, 0.6) is 0 Å². The number of halogens is 4. The summed E-state index contributed by atoms with van der Waals surface area (Å²) in [6.45, 7) is 0. The van der Waals surface area contributed by atoms with Crippen molar-refractivity contribution < 1.29 is 9.18 Å². The molecule has 2 rings (SSSR count). The highest BCUT2D eigenvalue weighted by Crippen LogP contribution is 2.24. The van der Waals surface area contributed by atoms with Crippen LogP contribution in [-0.2, 0) is 6.42 Å². The molecule has 5 heteroatoms. The SMILES string of the molecule is O=C(Cc1ccc(F)c(Cl)c1)c1ccc(Br)cc1Br. The smallest absolute Gasteiger partial charge is 0.168 e. The Hall–Kier alpha value is -0.710. The van der Waals surface area contributed by atoms with Crippen molar-refractivity contribution >= 4 is 49.2 Å². The van der Waals surface area contributed by atoms with Crippen molar-refractivity contribution in [2.24, 2.45) is 0 Å². The third kappa shape index (κ3) is 3.65. The average Bonchev–Trinajstić information content (AvgIpc) is 2.33. The third-order valence-electron chi connectivity index (χ3n) is 2.58. The Labute approximate surface area is 132 Å². The summed E-state index contributed by atoms with van der Waals surface area (Å²) in [4.78, 5) is 12.2. The molecule has 0 bridgehead atoms. The normalized spacial score (nSPS) is 10.5. The van der Waals surface area contributed by atoms with Crippen LogP contribution in [0.4, 0.5) is 4.39 Å². The molecule has 0 aromatic heterocycles. The van der Waals surface area contributed by atoms with Crippen LogP contribution in [0.25, 0.3) is 0 Å². The highest BCUT2D eigenvalue weighted by Gasteiger charge is 2.12. The van der Waals surface area contributed by atoms with Crippen molar-refractivity contribution in [3.05, 3.63) is 67.3 Å². The van der Waals surface area contributed by atoms with E-state index in [4.69, 9.17) is 11.6 Å². The van der Waals surface area contributed by atoms with Gasteiger partial charge in [0.1, 0.15) is 5.82 Å². The number of Topliss-reactive ketones (excluding diaryl/α,β-unsaturated/α-hetero) is 1. The quantitative estimate of drug-likeness (QED) is 0.621. The van der Waals surface area contributed by atoms with E-state index in [9.17, 15) is 9.18 Å². The Kier molecular flexibility index (Phi) is 4.76. The first-order chi connectivity index (χ1) is 8.97. The van der Waals surface area contributed by atoms with Crippen LogP contribution in [0.3, 0.4) is 0 Å². The fraction of sp³-hybridized carbons (Fsp3) is 0.0714. The lowest BCUT2D eigenvalue weighted by atomic mass is 10.0. The predicted octanol–water partition coefficient (Wildman–Crippen LogP) is 5.43. The van der Waals surface area contributed by atoms with Crippen molar-refractivity contribution in [2.45, 2.75) is 6.42 Å². The fourth-order valence-corrected chi connectivity index (χ4v) is 3.12. The van der Waals surface area contributed by atoms with E-state index >= 15 is 0 Å². The lowest BCUT2D eigenvalue weighted by Crippen LogP contribution is -2.04. The van der Waals surface area contributed by atoms with E-state index in [1.165, 1.54) is 12.1 Å². The molecule has 0 aliphatic rings. The second kappa shape index (κ2) is 6.16. The maximum Gasteiger partial charge on any atom is 0.168 e. The Balaban J connectivity index is 2.23. The summed E-state index contributed by atoms with van der Waals surface area (Å²) in [5, 5.41) is 0.0279. The molecular formula is C14H8Br2ClFO. The van der Waals surface area contributed by atoms with E-state index in [2.05, 4.69) is 31.9 Å². The van der Waals surface area contributed by atoms with Gasteiger partial charge >= 0.3 is 0 Å². The first kappa shape index (κ1) is 14.7. The van der Waals surface area contributed by atoms with Crippen LogP contribution in [-0.4, -0.2) is 5.78 Å². The number of hydrogen-bond donors (Lipinski definition) is 0. The Morgan fingerprint density at radius 2 is 1.89 bits per heavy atom. The van der Waals surface area contributed by atoms with E-state index in [-0.39, 0.29) is 17.2 Å². The summed E-state index contributed by atoms with van der Waals surface area (Å²) < 4.78 is 14.6. The lowest BCUT2D eigenvalue weighted by Gasteiger charge is -2.05. The summed E-state index contributed by atoms with van der Waals surface area (Å²) in [6, 6.07) is 9.65. The molecule has 0 heterocycles. The van der Waals surface area contributed by atoms with Gasteiger partial charge in [-0.1, -0.05) is 49.5 Å². The van der Waals surface area contributed by atoms with Gasteiger partial charge in [-0.25, -0.2) is 4.39 Å². The van der Waals surface area contributed by atoms with Gasteiger partial charge in [-0.15, -0.1) is 0 Å². The van der Waals surface area contributed by atoms with Gasteiger partial charge in [0.15, 0.2) is 5.78 Å². The highest BCUT2D eigenvalue weighted by atomic mass is 79.9. The van der Waals surface area contributed by atoms with E-state index in [0.717, 1.165) is 8.95 Å². The molecule has 2 aromatic carbocycles. The minimum atomic E-state index is -0.484. The monoisotopic (exact) mass is 404 g/mol. The van der Waals surface area contributed by atoms with Gasteiger partial charge in [-0.05, 0) is 35.9 Å². The Bertz CT molecular complexity index is 643. The minimum absolute atomic E-state index is 0.0279. The van der Waals surface area contributed by atoms with Crippen LogP contribution in [0.15, 0.2) is 45.3 Å². The van der Waals surface area contributed by atoms with E-state index in [0.29, 0.717) is 11.1 Å². The molecule has 1 nitrogen and oxygen atoms in total. The zero-order valence-corrected chi connectivity index (χ0v) is 13.5. The predicted molar refractivity (Wildman–Crippen MR) is 81.3 cm³/mol. The van der Waals surface area contributed by atoms with E-state index in [1.807, 2.05) is 6.07 Å². The molecule has 19 heavy (non-hydrogen) atoms. The molecule has 0 spiro atoms. The number of rotatable bonds is 3. The number of carbonyl (C=O) groups is 1. The van der Waals surface area contributed by atoms with Gasteiger partial charge in [0.25, 0.3) is 0 Å². The van der Waals surface area contributed by atoms with Gasteiger partial charge in [-0.3, -0.25) is 4.79 Å². The molecule has 0 fully saturated rings. The summed E-state index contributed by atoms with van der Waals surface area (Å²) >= 11 is 12.4. The fourth-order valence-electron chi connectivity index (χ4n) is 1.65. The summed E-state index contributed by atoms with van der Waals surface area (Å²) in [7, 11) is 0. The lowest BCUT2D eigenvalue weighted by molar-refractivity contribution is 0.0992. The van der Waals surface area contributed by atoms with Gasteiger partial charge in [0, 0.05) is 20.9 Å². The van der Waals surface area contributed by atoms with Gasteiger partial charge in [0.05, 0.1) is 5.02 Å². The van der Waals surface area contributed by atoms with Crippen LogP contribution >= 0.6 is 43.5 Å². The number of carbonyl (C=O) groups excluding carboxylic acids is 1. The van der Waals surface area contributed by atoms with Crippen LogP contribution in [0.1, 0.15) is 15.9 Å². The van der Waals surface area contributed by atoms with Crippen molar-refractivity contribution in [1.29, 1.82) is 0 Å². The standard InChI is InChI=1S/C14H8Br2ClFO/c15-9-2-3-10(11(16)7-9)14(19)6-8-1-4-13(18)12(17)5-8/h1-5,7H,6H2. The molecule has 0 aliphatic heterocycles. The van der Waals surface area contributed by atoms with Gasteiger partial charge < -0.3 is 0 Å². The molecule has 0 amide bonds. The number of ketones is 1. The maximum atomic E-state index is 13.0. The van der Waals surface area contributed by atoms with Crippen molar-refractivity contribution in [3.8, 4) is 0 Å². The maximum absolute atomic E-state index is 13.0. The topological polar surface area (TPSA) is 17.1 Å². The minimum Gasteiger partial charge on any atom is -0.294 e. The van der Waals surface area contributed by atoms with Gasteiger partial charge in [-0.2, -0.15) is 0 Å². The largest absolute Gasteiger partial charge is 0.294 e. The second-order valence-corrected chi connectivity index (χ2v) is 6.15. The zero-order valence-electron chi connectivity index (χ0n) is 9.59. The number of hydrogen-bond acceptors (Lipinski definition) is 1. The summed E-state index contributed by atoms with van der Waals surface area (Å²) in [6.07, 6.45) is 0.181. The van der Waals surface area contributed by atoms with Crippen molar-refractivity contribution in [2.75, 3.05) is 0 Å². The first-order valence-corrected chi connectivity index (χ1v) is 7.36. The van der Waals surface area contributed by atoms with Crippen LogP contribution < -0.4 is 0 Å². The second-order valence-electron chi connectivity index (χ2n) is 3.97. The highest BCUT2D eigenvalue weighted by molar-refractivity contribution is 9.11. The molecule has 0 N–H and O–H groups in total. The molecule has 0 saturated carbocycles. The molecule has 0 unspecified atom stereocenters. The molecule has 2 aromatic rings. The molecular weight excluding hydrogens is 398 g/mol. The summed E-state index contributed by atoms with van der Waals surface area (Å²) in [5.74, 6) is -0.537. The van der Waals surface area contributed by atoms with Crippen molar-refractivity contribution in [3.63, 3.8) is 0 Å². The van der Waals surface area contributed by atoms with Crippen LogP contribution in [0, 0.1) is 5.82 Å². The summed E-state index contributed by atoms with van der Waals surface area (Å²) in [5.41, 5.74) is 1.27. The Morgan fingerprint density at radius 1 is 1.16 bits per heavy atom. The molecule has 0 radical (unpaired) electrons.